The van der Waals surface area contributed by atoms with E-state index in [1.54, 1.807) is 12.1 Å². The molecule has 0 radical (unpaired) electrons. The van der Waals surface area contributed by atoms with E-state index in [0.29, 0.717) is 17.0 Å². The van der Waals surface area contributed by atoms with Crippen LogP contribution >= 0.6 is 11.6 Å². The molecular formula is C11H15ClN2O2. The van der Waals surface area contributed by atoms with Crippen LogP contribution in [0.15, 0.2) is 18.2 Å². The molecule has 0 heterocycles. The van der Waals surface area contributed by atoms with Crippen LogP contribution in [-0.4, -0.2) is 11.0 Å². The van der Waals surface area contributed by atoms with E-state index in [9.17, 15) is 10.1 Å². The summed E-state index contributed by atoms with van der Waals surface area (Å²) in [5, 5.41) is 11.2. The number of nitro groups is 1. The van der Waals surface area contributed by atoms with Crippen LogP contribution in [0.1, 0.15) is 25.3 Å². The van der Waals surface area contributed by atoms with E-state index in [2.05, 4.69) is 0 Å². The molecule has 0 fully saturated rings. The zero-order valence-electron chi connectivity index (χ0n) is 9.15. The number of nitrogens with two attached hydrogens (primary N) is 1. The third kappa shape index (κ3) is 3.18. The number of benzene rings is 1. The third-order valence-corrected chi connectivity index (χ3v) is 2.77. The zero-order valence-corrected chi connectivity index (χ0v) is 9.91. The van der Waals surface area contributed by atoms with Gasteiger partial charge in [-0.1, -0.05) is 31.0 Å². The van der Waals surface area contributed by atoms with E-state index in [1.165, 1.54) is 6.07 Å². The van der Waals surface area contributed by atoms with E-state index in [0.717, 1.165) is 12.8 Å². The molecule has 0 saturated heterocycles. The molecular weight excluding hydrogens is 228 g/mol. The van der Waals surface area contributed by atoms with Crippen molar-refractivity contribution in [2.45, 2.75) is 32.2 Å². The molecule has 16 heavy (non-hydrogen) atoms. The lowest BCUT2D eigenvalue weighted by molar-refractivity contribution is -0.385. The monoisotopic (exact) mass is 242 g/mol. The highest BCUT2D eigenvalue weighted by Gasteiger charge is 2.18. The Morgan fingerprint density at radius 3 is 2.81 bits per heavy atom. The highest BCUT2D eigenvalue weighted by atomic mass is 35.5. The molecule has 1 atom stereocenters. The molecule has 0 saturated carbocycles. The lowest BCUT2D eigenvalue weighted by Gasteiger charge is -2.11. The van der Waals surface area contributed by atoms with Gasteiger partial charge in [-0.2, -0.15) is 0 Å². The predicted molar refractivity (Wildman–Crippen MR) is 64.7 cm³/mol. The standard InChI is InChI=1S/C11H15ClN2O2/c1-2-4-8(13)7-9-10(12)5-3-6-11(9)14(15)16/h3,5-6,8H,2,4,7,13H2,1H3. The summed E-state index contributed by atoms with van der Waals surface area (Å²) in [5.74, 6) is 0. The topological polar surface area (TPSA) is 69.2 Å². The van der Waals surface area contributed by atoms with Crippen molar-refractivity contribution in [2.75, 3.05) is 0 Å². The van der Waals surface area contributed by atoms with Gasteiger partial charge in [-0.3, -0.25) is 10.1 Å². The van der Waals surface area contributed by atoms with E-state index in [4.69, 9.17) is 17.3 Å². The first-order valence-corrected chi connectivity index (χ1v) is 5.61. The van der Waals surface area contributed by atoms with Gasteiger partial charge in [-0.15, -0.1) is 0 Å². The van der Waals surface area contributed by atoms with Gasteiger partial charge in [0.05, 0.1) is 9.95 Å². The SMILES string of the molecule is CCCC(N)Cc1c(Cl)cccc1[N+](=O)[O-]. The highest BCUT2D eigenvalue weighted by Crippen LogP contribution is 2.27. The van der Waals surface area contributed by atoms with Gasteiger partial charge in [0.15, 0.2) is 0 Å². The van der Waals surface area contributed by atoms with Gasteiger partial charge in [0, 0.05) is 17.7 Å². The molecule has 1 unspecified atom stereocenters. The fourth-order valence-electron chi connectivity index (χ4n) is 1.66. The van der Waals surface area contributed by atoms with E-state index in [-0.39, 0.29) is 11.7 Å². The van der Waals surface area contributed by atoms with Gasteiger partial charge < -0.3 is 5.73 Å². The van der Waals surface area contributed by atoms with Crippen LogP contribution in [0.4, 0.5) is 5.69 Å². The fraction of sp³-hybridized carbons (Fsp3) is 0.455. The molecule has 4 nitrogen and oxygen atoms in total. The largest absolute Gasteiger partial charge is 0.327 e. The Balaban J connectivity index is 2.97. The van der Waals surface area contributed by atoms with Crippen molar-refractivity contribution in [3.63, 3.8) is 0 Å². The first kappa shape index (κ1) is 12.9. The Hall–Kier alpha value is -1.13. The summed E-state index contributed by atoms with van der Waals surface area (Å²) in [6, 6.07) is 4.61. The number of nitro benzene ring substituents is 1. The maximum Gasteiger partial charge on any atom is 0.274 e. The van der Waals surface area contributed by atoms with Gasteiger partial charge in [-0.25, -0.2) is 0 Å². The number of nitrogens with zero attached hydrogens (tertiary/aromatic N) is 1. The van der Waals surface area contributed by atoms with Crippen molar-refractivity contribution in [1.29, 1.82) is 0 Å². The Morgan fingerprint density at radius 1 is 1.56 bits per heavy atom. The van der Waals surface area contributed by atoms with E-state index < -0.39 is 4.92 Å². The van der Waals surface area contributed by atoms with Crippen LogP contribution in [0.2, 0.25) is 5.02 Å². The smallest absolute Gasteiger partial charge is 0.274 e. The average Bonchev–Trinajstić information content (AvgIpc) is 2.21. The lowest BCUT2D eigenvalue weighted by atomic mass is 10.0. The van der Waals surface area contributed by atoms with Crippen LogP contribution in [-0.2, 0) is 6.42 Å². The Bertz CT molecular complexity index is 382. The first-order chi connectivity index (χ1) is 7.56. The van der Waals surface area contributed by atoms with Crippen molar-refractivity contribution in [3.8, 4) is 0 Å². The van der Waals surface area contributed by atoms with Gasteiger partial charge in [0.1, 0.15) is 0 Å². The zero-order chi connectivity index (χ0) is 12.1. The van der Waals surface area contributed by atoms with Crippen LogP contribution in [0.25, 0.3) is 0 Å². The maximum atomic E-state index is 10.8. The van der Waals surface area contributed by atoms with Crippen LogP contribution in [0.3, 0.4) is 0 Å². The summed E-state index contributed by atoms with van der Waals surface area (Å²) in [4.78, 5) is 10.4. The molecule has 0 aliphatic carbocycles. The second kappa shape index (κ2) is 5.82. The van der Waals surface area contributed by atoms with Crippen molar-refractivity contribution in [2.24, 2.45) is 5.73 Å². The van der Waals surface area contributed by atoms with Crippen molar-refractivity contribution in [3.05, 3.63) is 38.9 Å². The maximum absolute atomic E-state index is 10.8. The minimum atomic E-state index is -0.417. The molecule has 0 bridgehead atoms. The molecule has 2 N–H and O–H groups in total. The molecule has 0 aliphatic heterocycles. The number of rotatable bonds is 5. The molecule has 0 amide bonds. The van der Waals surface area contributed by atoms with Crippen LogP contribution < -0.4 is 5.73 Å². The molecule has 88 valence electrons. The molecule has 1 aromatic rings. The average molecular weight is 243 g/mol. The minimum absolute atomic E-state index is 0.0547. The summed E-state index contributed by atoms with van der Waals surface area (Å²) < 4.78 is 0. The molecule has 5 heteroatoms. The summed E-state index contributed by atoms with van der Waals surface area (Å²) in [7, 11) is 0. The van der Waals surface area contributed by atoms with Gasteiger partial charge in [-0.05, 0) is 18.9 Å². The Kier molecular flexibility index (Phi) is 4.71. The summed E-state index contributed by atoms with van der Waals surface area (Å²) >= 11 is 5.96. The van der Waals surface area contributed by atoms with Gasteiger partial charge in [0.25, 0.3) is 5.69 Å². The molecule has 0 aromatic heterocycles. The second-order valence-corrected chi connectivity index (χ2v) is 4.15. The normalized spacial score (nSPS) is 12.4. The molecule has 0 aliphatic rings. The Labute approximate surface area is 99.6 Å². The lowest BCUT2D eigenvalue weighted by Crippen LogP contribution is -2.23. The van der Waals surface area contributed by atoms with E-state index >= 15 is 0 Å². The fourth-order valence-corrected chi connectivity index (χ4v) is 1.90. The summed E-state index contributed by atoms with van der Waals surface area (Å²) in [5.41, 5.74) is 6.46. The number of hydrogen-bond donors (Lipinski definition) is 1. The van der Waals surface area contributed by atoms with E-state index in [1.807, 2.05) is 6.92 Å². The number of halogens is 1. The molecule has 1 aromatic carbocycles. The van der Waals surface area contributed by atoms with Gasteiger partial charge >= 0.3 is 0 Å². The summed E-state index contributed by atoms with van der Waals surface area (Å²) in [6.45, 7) is 2.03. The molecule has 0 spiro atoms. The third-order valence-electron chi connectivity index (χ3n) is 2.42. The quantitative estimate of drug-likeness (QED) is 0.638. The number of hydrogen-bond acceptors (Lipinski definition) is 3. The second-order valence-electron chi connectivity index (χ2n) is 3.75. The highest BCUT2D eigenvalue weighted by molar-refractivity contribution is 6.31. The minimum Gasteiger partial charge on any atom is -0.327 e. The first-order valence-electron chi connectivity index (χ1n) is 5.23. The van der Waals surface area contributed by atoms with Crippen LogP contribution in [0.5, 0.6) is 0 Å². The summed E-state index contributed by atoms with van der Waals surface area (Å²) in [6.07, 6.45) is 2.24. The van der Waals surface area contributed by atoms with Crippen LogP contribution in [0, 0.1) is 10.1 Å². The van der Waals surface area contributed by atoms with Gasteiger partial charge in [0.2, 0.25) is 0 Å². The van der Waals surface area contributed by atoms with Crippen molar-refractivity contribution < 1.29 is 4.92 Å². The van der Waals surface area contributed by atoms with Crippen molar-refractivity contribution >= 4 is 17.3 Å². The predicted octanol–water partition coefficient (Wildman–Crippen LogP) is 2.92. The van der Waals surface area contributed by atoms with Crippen molar-refractivity contribution in [1.82, 2.24) is 0 Å². The molecule has 1 rings (SSSR count). The Morgan fingerprint density at radius 2 is 2.25 bits per heavy atom.